The van der Waals surface area contributed by atoms with Gasteiger partial charge in [0, 0.05) is 0 Å². The van der Waals surface area contributed by atoms with Crippen LogP contribution in [-0.2, 0) is 0 Å². The minimum Gasteiger partial charge on any atom is -0.389 e. The van der Waals surface area contributed by atoms with Gasteiger partial charge in [-0.3, -0.25) is 0 Å². The van der Waals surface area contributed by atoms with Gasteiger partial charge >= 0.3 is 0 Å². The van der Waals surface area contributed by atoms with Crippen LogP contribution in [0.25, 0.3) is 0 Å². The van der Waals surface area contributed by atoms with Gasteiger partial charge in [0.05, 0.1) is 6.10 Å². The Morgan fingerprint density at radius 2 is 2.44 bits per heavy atom. The summed E-state index contributed by atoms with van der Waals surface area (Å²) < 4.78 is 0. The van der Waals surface area contributed by atoms with Gasteiger partial charge in [-0.25, -0.2) is 0 Å². The molecule has 0 aromatic carbocycles. The topological polar surface area (TPSA) is 20.2 Å². The molecule has 0 saturated heterocycles. The number of aliphatic hydroxyl groups is 1. The molecule has 0 aromatic heterocycles. The summed E-state index contributed by atoms with van der Waals surface area (Å²) in [6.07, 6.45) is 7.07. The van der Waals surface area contributed by atoms with Gasteiger partial charge < -0.3 is 5.11 Å². The van der Waals surface area contributed by atoms with E-state index in [1.165, 1.54) is 0 Å². The van der Waals surface area contributed by atoms with Crippen LogP contribution < -0.4 is 0 Å². The first kappa shape index (κ1) is 8.26. The molecule has 9 heavy (non-hydrogen) atoms. The normalized spacial score (nSPS) is 14.7. The maximum atomic E-state index is 8.99. The number of terminal acetylenes is 1. The Bertz CT molecular complexity index is 139. The van der Waals surface area contributed by atoms with Gasteiger partial charge in [0.15, 0.2) is 0 Å². The van der Waals surface area contributed by atoms with E-state index in [0.717, 1.165) is 12.0 Å². The van der Waals surface area contributed by atoms with Crippen molar-refractivity contribution in [2.75, 3.05) is 0 Å². The van der Waals surface area contributed by atoms with Crippen molar-refractivity contribution in [2.45, 2.75) is 26.4 Å². The molecular formula is C8H12O. The Morgan fingerprint density at radius 3 is 2.78 bits per heavy atom. The first-order valence-electron chi connectivity index (χ1n) is 3.03. The molecule has 1 atom stereocenters. The summed E-state index contributed by atoms with van der Waals surface area (Å²) in [5.74, 6) is 2.43. The van der Waals surface area contributed by atoms with Gasteiger partial charge in [0.2, 0.25) is 0 Å². The average molecular weight is 124 g/mol. The Balaban J connectivity index is 3.83. The molecule has 0 bridgehead atoms. The molecule has 0 fully saturated rings. The van der Waals surface area contributed by atoms with Gasteiger partial charge in [-0.05, 0) is 25.0 Å². The van der Waals surface area contributed by atoms with Gasteiger partial charge in [-0.1, -0.05) is 12.8 Å². The largest absolute Gasteiger partial charge is 0.389 e. The van der Waals surface area contributed by atoms with E-state index in [9.17, 15) is 0 Å². The van der Waals surface area contributed by atoms with E-state index in [0.29, 0.717) is 0 Å². The van der Waals surface area contributed by atoms with Crippen molar-refractivity contribution in [1.29, 1.82) is 0 Å². The maximum Gasteiger partial charge on any atom is 0.0730 e. The second-order valence-corrected chi connectivity index (χ2v) is 1.97. The maximum absolute atomic E-state index is 8.99. The van der Waals surface area contributed by atoms with Crippen LogP contribution in [0.5, 0.6) is 0 Å². The second kappa shape index (κ2) is 4.17. The fourth-order valence-electron chi connectivity index (χ4n) is 0.455. The summed E-state index contributed by atoms with van der Waals surface area (Å²) >= 11 is 0. The van der Waals surface area contributed by atoms with Crippen molar-refractivity contribution in [3.05, 3.63) is 11.6 Å². The van der Waals surface area contributed by atoms with Crippen LogP contribution in [0.15, 0.2) is 11.6 Å². The number of aliphatic hydroxyl groups excluding tert-OH is 1. The molecular weight excluding hydrogens is 112 g/mol. The van der Waals surface area contributed by atoms with E-state index in [-0.39, 0.29) is 6.10 Å². The van der Waals surface area contributed by atoms with E-state index in [4.69, 9.17) is 11.5 Å². The molecule has 0 rings (SSSR count). The highest BCUT2D eigenvalue weighted by molar-refractivity contribution is 5.23. The van der Waals surface area contributed by atoms with Crippen molar-refractivity contribution in [2.24, 2.45) is 0 Å². The summed E-state index contributed by atoms with van der Waals surface area (Å²) in [7, 11) is 0. The highest BCUT2D eigenvalue weighted by atomic mass is 16.3. The zero-order valence-electron chi connectivity index (χ0n) is 5.89. The van der Waals surface area contributed by atoms with Crippen molar-refractivity contribution in [3.63, 3.8) is 0 Å². The van der Waals surface area contributed by atoms with Crippen LogP contribution in [0.2, 0.25) is 0 Å². The van der Waals surface area contributed by atoms with Gasteiger partial charge in [0.25, 0.3) is 0 Å². The third-order valence-electron chi connectivity index (χ3n) is 1.09. The third-order valence-corrected chi connectivity index (χ3v) is 1.09. The van der Waals surface area contributed by atoms with Crippen LogP contribution >= 0.6 is 0 Å². The monoisotopic (exact) mass is 124 g/mol. The Morgan fingerprint density at radius 1 is 1.89 bits per heavy atom. The van der Waals surface area contributed by atoms with E-state index in [1.54, 1.807) is 13.0 Å². The standard InChI is InChI=1S/C8H12O/c1-4-7(3)6-8(9)5-2/h1,6,8-9H,5H2,2-3H3/b7-6-. The summed E-state index contributed by atoms with van der Waals surface area (Å²) in [5.41, 5.74) is 0.796. The molecule has 1 N–H and O–H groups in total. The van der Waals surface area contributed by atoms with Crippen LogP contribution in [0.1, 0.15) is 20.3 Å². The summed E-state index contributed by atoms with van der Waals surface area (Å²) in [6.45, 7) is 3.71. The van der Waals surface area contributed by atoms with Gasteiger partial charge in [0.1, 0.15) is 0 Å². The molecule has 0 saturated carbocycles. The molecule has 0 spiro atoms. The molecule has 0 amide bonds. The Kier molecular flexibility index (Phi) is 3.83. The Hall–Kier alpha value is -0.740. The lowest BCUT2D eigenvalue weighted by molar-refractivity contribution is 0.218. The summed E-state index contributed by atoms with van der Waals surface area (Å²) in [6, 6.07) is 0. The highest BCUT2D eigenvalue weighted by Gasteiger charge is 1.92. The van der Waals surface area contributed by atoms with Crippen molar-refractivity contribution < 1.29 is 5.11 Å². The smallest absolute Gasteiger partial charge is 0.0730 e. The highest BCUT2D eigenvalue weighted by Crippen LogP contribution is 1.96. The molecule has 1 nitrogen and oxygen atoms in total. The van der Waals surface area contributed by atoms with Crippen molar-refractivity contribution >= 4 is 0 Å². The van der Waals surface area contributed by atoms with Crippen LogP contribution in [0.4, 0.5) is 0 Å². The molecule has 0 heterocycles. The van der Waals surface area contributed by atoms with E-state index in [2.05, 4.69) is 5.92 Å². The molecule has 0 aromatic rings. The second-order valence-electron chi connectivity index (χ2n) is 1.97. The fraction of sp³-hybridized carbons (Fsp3) is 0.500. The first-order valence-corrected chi connectivity index (χ1v) is 3.03. The quantitative estimate of drug-likeness (QED) is 0.551. The van der Waals surface area contributed by atoms with E-state index >= 15 is 0 Å². The van der Waals surface area contributed by atoms with Crippen LogP contribution in [0, 0.1) is 12.3 Å². The lowest BCUT2D eigenvalue weighted by atomic mass is 10.2. The minimum atomic E-state index is -0.374. The van der Waals surface area contributed by atoms with Crippen molar-refractivity contribution in [3.8, 4) is 12.3 Å². The number of rotatable bonds is 2. The number of hydrogen-bond donors (Lipinski definition) is 1. The van der Waals surface area contributed by atoms with Crippen molar-refractivity contribution in [1.82, 2.24) is 0 Å². The zero-order valence-corrected chi connectivity index (χ0v) is 5.89. The molecule has 0 aliphatic heterocycles. The van der Waals surface area contributed by atoms with E-state index in [1.807, 2.05) is 6.92 Å². The average Bonchev–Trinajstić information content (AvgIpc) is 1.87. The molecule has 50 valence electrons. The Labute approximate surface area is 56.4 Å². The SMILES string of the molecule is C#C/C(C)=C\C(O)CC. The molecule has 0 radical (unpaired) electrons. The molecule has 1 unspecified atom stereocenters. The minimum absolute atomic E-state index is 0.374. The summed E-state index contributed by atoms with van der Waals surface area (Å²) in [4.78, 5) is 0. The number of hydrogen-bond acceptors (Lipinski definition) is 1. The fourth-order valence-corrected chi connectivity index (χ4v) is 0.455. The van der Waals surface area contributed by atoms with Crippen LogP contribution in [-0.4, -0.2) is 11.2 Å². The first-order chi connectivity index (χ1) is 4.20. The molecule has 0 aliphatic rings. The number of allylic oxidation sites excluding steroid dienone is 1. The summed E-state index contributed by atoms with van der Waals surface area (Å²) in [5, 5.41) is 8.99. The predicted molar refractivity (Wildman–Crippen MR) is 38.9 cm³/mol. The zero-order chi connectivity index (χ0) is 7.28. The third kappa shape index (κ3) is 3.81. The van der Waals surface area contributed by atoms with Gasteiger partial charge in [-0.2, -0.15) is 0 Å². The molecule has 0 aliphatic carbocycles. The van der Waals surface area contributed by atoms with Crippen LogP contribution in [0.3, 0.4) is 0 Å². The molecule has 1 heteroatoms. The lowest BCUT2D eigenvalue weighted by Crippen LogP contribution is -1.99. The predicted octanol–water partition coefficient (Wildman–Crippen LogP) is 1.34. The van der Waals surface area contributed by atoms with Gasteiger partial charge in [-0.15, -0.1) is 6.42 Å². The van der Waals surface area contributed by atoms with E-state index < -0.39 is 0 Å². The lowest BCUT2D eigenvalue weighted by Gasteiger charge is -1.98.